The van der Waals surface area contributed by atoms with Gasteiger partial charge in [0.1, 0.15) is 0 Å². The van der Waals surface area contributed by atoms with Gasteiger partial charge >= 0.3 is 5.69 Å². The average molecular weight is 154 g/mol. The van der Waals surface area contributed by atoms with Gasteiger partial charge < -0.3 is 9.72 Å². The molecule has 11 heavy (non-hydrogen) atoms. The minimum atomic E-state index is -0.473. The molecule has 1 aliphatic heterocycles. The van der Waals surface area contributed by atoms with Crippen LogP contribution in [0.3, 0.4) is 0 Å². The van der Waals surface area contributed by atoms with Gasteiger partial charge in [0.15, 0.2) is 0 Å². The van der Waals surface area contributed by atoms with Crippen molar-refractivity contribution in [1.82, 2.24) is 9.97 Å². The third kappa shape index (κ3) is 0.894. The van der Waals surface area contributed by atoms with Gasteiger partial charge in [-0.05, 0) is 0 Å². The van der Waals surface area contributed by atoms with E-state index in [1.807, 2.05) is 0 Å². The molecule has 0 aromatic carbocycles. The zero-order valence-corrected chi connectivity index (χ0v) is 5.64. The van der Waals surface area contributed by atoms with Crippen molar-refractivity contribution >= 4 is 0 Å². The maximum Gasteiger partial charge on any atom is 0.325 e. The number of hydrogen-bond acceptors (Lipinski definition) is 3. The van der Waals surface area contributed by atoms with Crippen LogP contribution in [-0.2, 0) is 18.0 Å². The van der Waals surface area contributed by atoms with Crippen molar-refractivity contribution in [2.75, 3.05) is 0 Å². The van der Waals surface area contributed by atoms with Gasteiger partial charge in [-0.15, -0.1) is 0 Å². The summed E-state index contributed by atoms with van der Waals surface area (Å²) in [6.07, 6.45) is 0. The van der Waals surface area contributed by atoms with E-state index in [1.54, 1.807) is 0 Å². The number of nitrogens with one attached hydrogen (secondary N) is 2. The number of aromatic amines is 2. The first-order valence-electron chi connectivity index (χ1n) is 3.19. The fourth-order valence-corrected chi connectivity index (χ4v) is 1.09. The molecule has 0 bridgehead atoms. The van der Waals surface area contributed by atoms with Crippen molar-refractivity contribution in [3.05, 3.63) is 32.1 Å². The highest BCUT2D eigenvalue weighted by Crippen LogP contribution is 2.09. The molecule has 5 heteroatoms. The van der Waals surface area contributed by atoms with Crippen LogP contribution in [0.4, 0.5) is 0 Å². The zero-order chi connectivity index (χ0) is 7.84. The van der Waals surface area contributed by atoms with Crippen LogP contribution in [-0.4, -0.2) is 9.97 Å². The minimum Gasteiger partial charge on any atom is -0.370 e. The van der Waals surface area contributed by atoms with Gasteiger partial charge in [-0.25, -0.2) is 4.79 Å². The van der Waals surface area contributed by atoms with Crippen molar-refractivity contribution in [3.63, 3.8) is 0 Å². The van der Waals surface area contributed by atoms with E-state index in [4.69, 9.17) is 4.74 Å². The second-order valence-electron chi connectivity index (χ2n) is 2.36. The van der Waals surface area contributed by atoms with Gasteiger partial charge in [0.2, 0.25) is 0 Å². The molecule has 0 aliphatic carbocycles. The molecule has 2 heterocycles. The lowest BCUT2D eigenvalue weighted by Gasteiger charge is -1.91. The molecule has 2 N–H and O–H groups in total. The molecular formula is C6H6N2O3. The molecule has 1 aromatic rings. The molecule has 2 rings (SSSR count). The summed E-state index contributed by atoms with van der Waals surface area (Å²) in [6, 6.07) is 0. The number of hydrogen-bond donors (Lipinski definition) is 2. The Labute approximate surface area is 61.0 Å². The Balaban J connectivity index is 2.80. The van der Waals surface area contributed by atoms with Crippen LogP contribution < -0.4 is 11.2 Å². The van der Waals surface area contributed by atoms with E-state index < -0.39 is 5.69 Å². The monoisotopic (exact) mass is 154 g/mol. The van der Waals surface area contributed by atoms with Crippen molar-refractivity contribution < 1.29 is 4.74 Å². The third-order valence-corrected chi connectivity index (χ3v) is 1.62. The summed E-state index contributed by atoms with van der Waals surface area (Å²) < 4.78 is 4.96. The van der Waals surface area contributed by atoms with Gasteiger partial charge in [-0.2, -0.15) is 0 Å². The van der Waals surface area contributed by atoms with E-state index in [2.05, 4.69) is 9.97 Å². The van der Waals surface area contributed by atoms with Crippen LogP contribution in [0.1, 0.15) is 11.3 Å². The van der Waals surface area contributed by atoms with Crippen molar-refractivity contribution in [2.24, 2.45) is 0 Å². The van der Waals surface area contributed by atoms with Crippen LogP contribution in [0.25, 0.3) is 0 Å². The van der Waals surface area contributed by atoms with Gasteiger partial charge in [-0.1, -0.05) is 0 Å². The highest BCUT2D eigenvalue weighted by molar-refractivity contribution is 5.17. The predicted octanol–water partition coefficient (Wildman–Crippen LogP) is -0.907. The molecule has 0 saturated heterocycles. The van der Waals surface area contributed by atoms with E-state index in [0.717, 1.165) is 0 Å². The summed E-state index contributed by atoms with van der Waals surface area (Å²) in [5.41, 5.74) is 0.309. The molecule has 0 fully saturated rings. The van der Waals surface area contributed by atoms with E-state index in [0.29, 0.717) is 24.5 Å². The lowest BCUT2D eigenvalue weighted by Crippen LogP contribution is -2.25. The molecule has 1 aromatic heterocycles. The van der Waals surface area contributed by atoms with Crippen LogP contribution in [0.2, 0.25) is 0 Å². The fourth-order valence-electron chi connectivity index (χ4n) is 1.09. The zero-order valence-electron chi connectivity index (χ0n) is 5.64. The Morgan fingerprint density at radius 2 is 2.00 bits per heavy atom. The largest absolute Gasteiger partial charge is 0.370 e. The molecular weight excluding hydrogens is 148 g/mol. The van der Waals surface area contributed by atoms with Crippen LogP contribution in [0, 0.1) is 0 Å². The molecule has 0 amide bonds. The minimum absolute atomic E-state index is 0.293. The number of aromatic nitrogens is 2. The van der Waals surface area contributed by atoms with E-state index in [9.17, 15) is 9.59 Å². The Morgan fingerprint density at radius 3 is 2.82 bits per heavy atom. The highest BCUT2D eigenvalue weighted by Gasteiger charge is 2.15. The Kier molecular flexibility index (Phi) is 1.19. The molecule has 0 unspecified atom stereocenters. The van der Waals surface area contributed by atoms with E-state index >= 15 is 0 Å². The second-order valence-corrected chi connectivity index (χ2v) is 2.36. The lowest BCUT2D eigenvalue weighted by molar-refractivity contribution is 0.133. The SMILES string of the molecule is O=c1[nH]c2c(c(=O)[nH]1)COC2. The maximum atomic E-state index is 11.0. The quantitative estimate of drug-likeness (QED) is 0.508. The summed E-state index contributed by atoms with van der Waals surface area (Å²) in [4.78, 5) is 26.3. The summed E-state index contributed by atoms with van der Waals surface area (Å²) in [7, 11) is 0. The first-order valence-corrected chi connectivity index (χ1v) is 3.19. The second kappa shape index (κ2) is 2.06. The number of fused-ring (bicyclic) bond motifs is 1. The predicted molar refractivity (Wildman–Crippen MR) is 36.2 cm³/mol. The van der Waals surface area contributed by atoms with E-state index in [1.165, 1.54) is 0 Å². The number of H-pyrrole nitrogens is 2. The topological polar surface area (TPSA) is 75.0 Å². The van der Waals surface area contributed by atoms with Crippen molar-refractivity contribution in [3.8, 4) is 0 Å². The Morgan fingerprint density at radius 1 is 1.18 bits per heavy atom. The highest BCUT2D eigenvalue weighted by atomic mass is 16.5. The number of ether oxygens (including phenoxy) is 1. The average Bonchev–Trinajstić information content (AvgIpc) is 2.34. The molecule has 0 saturated carbocycles. The standard InChI is InChI=1S/C6H6N2O3/c9-5-3-1-11-2-4(3)7-6(10)8-5/h1-2H2,(H2,7,8,9,10). The molecule has 0 atom stereocenters. The third-order valence-electron chi connectivity index (χ3n) is 1.62. The summed E-state index contributed by atoms with van der Waals surface area (Å²) >= 11 is 0. The van der Waals surface area contributed by atoms with Crippen molar-refractivity contribution in [1.29, 1.82) is 0 Å². The molecule has 58 valence electrons. The Hall–Kier alpha value is -1.36. The first kappa shape index (κ1) is 6.36. The molecule has 0 spiro atoms. The maximum absolute atomic E-state index is 11.0. The Bertz CT molecular complexity index is 390. The van der Waals surface area contributed by atoms with Crippen LogP contribution in [0.15, 0.2) is 9.59 Å². The van der Waals surface area contributed by atoms with Crippen molar-refractivity contribution in [2.45, 2.75) is 13.2 Å². The normalized spacial score (nSPS) is 14.9. The smallest absolute Gasteiger partial charge is 0.325 e. The fraction of sp³-hybridized carbons (Fsp3) is 0.333. The van der Waals surface area contributed by atoms with E-state index in [-0.39, 0.29) is 5.56 Å². The molecule has 0 radical (unpaired) electrons. The summed E-state index contributed by atoms with van der Waals surface area (Å²) in [6.45, 7) is 0.621. The van der Waals surface area contributed by atoms with Gasteiger partial charge in [0, 0.05) is 0 Å². The summed E-state index contributed by atoms with van der Waals surface area (Å²) in [5.74, 6) is 0. The number of rotatable bonds is 0. The molecule has 1 aliphatic rings. The molecule has 5 nitrogen and oxygen atoms in total. The lowest BCUT2D eigenvalue weighted by atomic mass is 10.3. The first-order chi connectivity index (χ1) is 5.27. The van der Waals surface area contributed by atoms with Crippen LogP contribution in [0.5, 0.6) is 0 Å². The summed E-state index contributed by atoms with van der Waals surface area (Å²) in [5, 5.41) is 0. The van der Waals surface area contributed by atoms with Gasteiger partial charge in [0.05, 0.1) is 24.5 Å². The van der Waals surface area contributed by atoms with Gasteiger partial charge in [0.25, 0.3) is 5.56 Å². The van der Waals surface area contributed by atoms with Crippen LogP contribution >= 0.6 is 0 Å². The van der Waals surface area contributed by atoms with Gasteiger partial charge in [-0.3, -0.25) is 9.78 Å².